The fourth-order valence-electron chi connectivity index (χ4n) is 1.83. The van der Waals surface area contributed by atoms with Crippen LogP contribution >= 0.6 is 11.8 Å². The number of carbonyl (C=O) groups excluding carboxylic acids is 1. The monoisotopic (exact) mass is 467 g/mol. The molecule has 0 saturated carbocycles. The topological polar surface area (TPSA) is 281 Å². The molecule has 11 heteroatoms. The van der Waals surface area contributed by atoms with Crippen molar-refractivity contribution < 1.29 is 25.2 Å². The summed E-state index contributed by atoms with van der Waals surface area (Å²) in [5, 5.41) is 37.8. The third-order valence-corrected chi connectivity index (χ3v) is 3.75. The predicted octanol–water partition coefficient (Wildman–Crippen LogP) is 1.54. The third-order valence-electron chi connectivity index (χ3n) is 3.14. The molecule has 1 unspecified atom stereocenters. The number of carboxylic acids is 1. The molecule has 194 valence electrons. The van der Waals surface area contributed by atoms with E-state index in [2.05, 4.69) is 6.92 Å². The van der Waals surface area contributed by atoms with E-state index in [1.165, 1.54) is 25.7 Å². The van der Waals surface area contributed by atoms with Crippen LogP contribution in [0.5, 0.6) is 0 Å². The van der Waals surface area contributed by atoms with Gasteiger partial charge in [-0.1, -0.05) is 66.2 Å². The number of carbonyl (C=O) groups is 1. The summed E-state index contributed by atoms with van der Waals surface area (Å²) in [6, 6.07) is 0. The molecule has 0 radical (unpaired) electrons. The number of aliphatic carboxylic acids is 1. The van der Waals surface area contributed by atoms with Crippen molar-refractivity contribution in [3.63, 3.8) is 0 Å². The Morgan fingerprint density at radius 2 is 1.10 bits per heavy atom. The maximum Gasteiger partial charge on any atom is 0.0614 e. The maximum absolute atomic E-state index is 11.0. The summed E-state index contributed by atoms with van der Waals surface area (Å²) in [5.41, 5.74) is 4.78. The second-order valence-electron chi connectivity index (χ2n) is 5.57. The Labute approximate surface area is 190 Å². The molecule has 1 atom stereocenters. The van der Waals surface area contributed by atoms with Crippen LogP contribution in [0.3, 0.4) is 0 Å². The maximum atomic E-state index is 11.0. The number of unbranched alkanes of at least 4 members (excludes halogenated alkanes) is 5. The number of rotatable bonds is 11. The van der Waals surface area contributed by atoms with Gasteiger partial charge in [0.15, 0.2) is 0 Å². The van der Waals surface area contributed by atoms with Gasteiger partial charge in [0.1, 0.15) is 0 Å². The highest BCUT2D eigenvalue weighted by Gasteiger charge is 2.25. The lowest BCUT2D eigenvalue weighted by Gasteiger charge is -2.30. The van der Waals surface area contributed by atoms with Gasteiger partial charge in [-0.15, -0.1) is 19.8 Å². The first-order valence-corrected chi connectivity index (χ1v) is 10.9. The van der Waals surface area contributed by atoms with Crippen molar-refractivity contribution in [1.82, 2.24) is 24.6 Å². The summed E-state index contributed by atoms with van der Waals surface area (Å²) in [6.45, 7) is 6.89. The quantitative estimate of drug-likeness (QED) is 0.279. The number of hydrogen-bond donors (Lipinski definition) is 5. The van der Waals surface area contributed by atoms with Crippen LogP contribution in [0.2, 0.25) is 0 Å². The van der Waals surface area contributed by atoms with E-state index < -0.39 is 11.5 Å². The largest absolute Gasteiger partial charge is 0.855 e. The van der Waals surface area contributed by atoms with Gasteiger partial charge in [0.2, 0.25) is 0 Å². The summed E-state index contributed by atoms with van der Waals surface area (Å²) in [5.74, 6) is -0.319. The molecular weight excluding hydrogens is 410 g/mol. The van der Waals surface area contributed by atoms with E-state index in [9.17, 15) is 9.90 Å². The van der Waals surface area contributed by atoms with Crippen LogP contribution in [0.15, 0.2) is 0 Å². The first-order chi connectivity index (χ1) is 12.3. The van der Waals surface area contributed by atoms with Gasteiger partial charge in [-0.2, -0.15) is 11.8 Å². The SMILES string of the molecule is CCCCCCCCC(N)(CCSC)C(=O)[O-].CC[O-].CC[O-].CC[O-].[NH4+].[NH4+].[NH4+].[NH4+]. The van der Waals surface area contributed by atoms with Gasteiger partial charge < -0.3 is 55.6 Å². The number of hydrogen-bond acceptors (Lipinski definition) is 7. The molecule has 0 spiro atoms. The molecule has 0 aromatic rings. The van der Waals surface area contributed by atoms with E-state index in [1.807, 2.05) is 6.26 Å². The average molecular weight is 468 g/mol. The Kier molecular flexibility index (Phi) is 80.6. The van der Waals surface area contributed by atoms with Crippen molar-refractivity contribution in [3.8, 4) is 0 Å². The highest BCUT2D eigenvalue weighted by atomic mass is 32.2. The number of quaternary nitrogens is 4. The molecule has 0 bridgehead atoms. The summed E-state index contributed by atoms with van der Waals surface area (Å²) < 4.78 is 0. The molecule has 0 amide bonds. The molecule has 0 fully saturated rings. The Hall–Kier alpha value is -0.500. The van der Waals surface area contributed by atoms with Gasteiger partial charge in [-0.05, 0) is 24.9 Å². The van der Waals surface area contributed by atoms with Crippen molar-refractivity contribution in [1.29, 1.82) is 0 Å². The lowest BCUT2D eigenvalue weighted by molar-refractivity contribution is -0.362. The van der Waals surface area contributed by atoms with Crippen LogP contribution in [0.4, 0.5) is 0 Å². The van der Waals surface area contributed by atoms with Crippen LogP contribution in [0, 0.1) is 0 Å². The van der Waals surface area contributed by atoms with E-state index in [0.29, 0.717) is 12.8 Å². The zero-order valence-corrected chi connectivity index (χ0v) is 22.3. The number of carboxylic acid groups (broad SMARTS) is 1. The molecule has 0 aromatic carbocycles. The van der Waals surface area contributed by atoms with E-state index in [-0.39, 0.29) is 44.4 Å². The molecule has 0 aromatic heterocycles. The van der Waals surface area contributed by atoms with Crippen LogP contribution in [0.25, 0.3) is 0 Å². The van der Waals surface area contributed by atoms with E-state index >= 15 is 0 Å². The fraction of sp³-hybridized carbons (Fsp3) is 0.947. The highest BCUT2D eigenvalue weighted by Crippen LogP contribution is 2.19. The van der Waals surface area contributed by atoms with E-state index in [4.69, 9.17) is 21.1 Å². The van der Waals surface area contributed by atoms with Crippen LogP contribution in [-0.4, -0.2) is 43.3 Å². The Morgan fingerprint density at radius 3 is 1.40 bits per heavy atom. The molecule has 0 rings (SSSR count). The molecule has 10 nitrogen and oxygen atoms in total. The fourth-order valence-corrected chi connectivity index (χ4v) is 2.40. The minimum Gasteiger partial charge on any atom is -0.855 e. The first-order valence-electron chi connectivity index (χ1n) is 9.55. The minimum atomic E-state index is -1.12. The van der Waals surface area contributed by atoms with Crippen LogP contribution in [0.1, 0.15) is 79.1 Å². The van der Waals surface area contributed by atoms with Crippen molar-refractivity contribution in [2.45, 2.75) is 84.6 Å². The second-order valence-corrected chi connectivity index (χ2v) is 6.56. The van der Waals surface area contributed by atoms with Crippen molar-refractivity contribution in [3.05, 3.63) is 0 Å². The Balaban J connectivity index is -0.0000000533. The molecule has 0 aliphatic rings. The van der Waals surface area contributed by atoms with E-state index in [1.54, 1.807) is 32.5 Å². The van der Waals surface area contributed by atoms with Gasteiger partial charge in [-0.3, -0.25) is 0 Å². The zero-order valence-electron chi connectivity index (χ0n) is 21.5. The summed E-state index contributed by atoms with van der Waals surface area (Å²) in [4.78, 5) is 11.0. The summed E-state index contributed by atoms with van der Waals surface area (Å²) in [7, 11) is 0. The molecule has 0 heterocycles. The van der Waals surface area contributed by atoms with Gasteiger partial charge in [0, 0.05) is 0 Å². The average Bonchev–Trinajstić information content (AvgIpc) is 2.58. The van der Waals surface area contributed by atoms with E-state index in [0.717, 1.165) is 18.6 Å². The second kappa shape index (κ2) is 46.6. The van der Waals surface area contributed by atoms with Crippen molar-refractivity contribution >= 4 is 17.7 Å². The first kappa shape index (κ1) is 51.8. The normalized spacial score (nSPS) is 10.0. The summed E-state index contributed by atoms with van der Waals surface area (Å²) in [6.07, 6.45) is 9.89. The van der Waals surface area contributed by atoms with Gasteiger partial charge in [-0.25, -0.2) is 0 Å². The molecule has 0 aliphatic carbocycles. The standard InChI is InChI=1S/C13H27NO2S.3C2H5O.4H3N/c1-3-4-5-6-7-8-9-13(14,12(15)16)10-11-17-2;3*1-2-3;;;;/h3-11,14H2,1-2H3,(H,15,16);3*2H2,1H3;4*1H3/q;3*-1;;;;/p+3. The number of nitrogens with two attached hydrogens (primary N) is 1. The Bertz CT molecular complexity index is 267. The highest BCUT2D eigenvalue weighted by molar-refractivity contribution is 7.98. The Morgan fingerprint density at radius 1 is 0.767 bits per heavy atom. The predicted molar refractivity (Wildman–Crippen MR) is 128 cm³/mol. The molecule has 0 saturated heterocycles. The molecule has 0 aliphatic heterocycles. The van der Waals surface area contributed by atoms with Crippen molar-refractivity contribution in [2.75, 3.05) is 31.8 Å². The van der Waals surface area contributed by atoms with Crippen LogP contribution in [-0.2, 0) is 4.79 Å². The third kappa shape index (κ3) is 50.8. The van der Waals surface area contributed by atoms with Crippen LogP contribution < -0.4 is 50.8 Å². The molecule has 30 heavy (non-hydrogen) atoms. The molecule has 18 N–H and O–H groups in total. The summed E-state index contributed by atoms with van der Waals surface area (Å²) >= 11 is 1.63. The zero-order chi connectivity index (χ0) is 21.3. The lowest BCUT2D eigenvalue weighted by atomic mass is 9.90. The minimum absolute atomic E-state index is 0. The molecular formula is C19H57N5O5S. The van der Waals surface area contributed by atoms with Gasteiger partial charge in [0.05, 0.1) is 11.5 Å². The van der Waals surface area contributed by atoms with Gasteiger partial charge in [0.25, 0.3) is 0 Å². The van der Waals surface area contributed by atoms with Gasteiger partial charge >= 0.3 is 0 Å². The smallest absolute Gasteiger partial charge is 0.0614 e. The number of thioether (sulfide) groups is 1. The lowest BCUT2D eigenvalue weighted by Crippen LogP contribution is -2.55. The van der Waals surface area contributed by atoms with Crippen molar-refractivity contribution in [2.24, 2.45) is 5.73 Å².